The Labute approximate surface area is 205 Å². The van der Waals surface area contributed by atoms with E-state index in [0.29, 0.717) is 41.8 Å². The van der Waals surface area contributed by atoms with Crippen LogP contribution in [0.25, 0.3) is 0 Å². The van der Waals surface area contributed by atoms with E-state index in [-0.39, 0.29) is 29.6 Å². The lowest BCUT2D eigenvalue weighted by molar-refractivity contribution is -0.144. The van der Waals surface area contributed by atoms with E-state index in [0.717, 1.165) is 51.9 Å². The highest BCUT2D eigenvalue weighted by molar-refractivity contribution is 6.42. The van der Waals surface area contributed by atoms with E-state index in [2.05, 4.69) is 11.9 Å². The van der Waals surface area contributed by atoms with Crippen LogP contribution in [0.5, 0.6) is 0 Å². The summed E-state index contributed by atoms with van der Waals surface area (Å²) in [5.41, 5.74) is 0.487. The minimum absolute atomic E-state index is 0.0107. The third kappa shape index (κ3) is 5.64. The van der Waals surface area contributed by atoms with Crippen LogP contribution in [-0.2, 0) is 9.59 Å². The lowest BCUT2D eigenvalue weighted by atomic mass is 9.91. The van der Waals surface area contributed by atoms with E-state index in [9.17, 15) is 14.4 Å². The quantitative estimate of drug-likeness (QED) is 0.647. The van der Waals surface area contributed by atoms with Gasteiger partial charge in [0.25, 0.3) is 5.91 Å². The predicted octanol–water partition coefficient (Wildman–Crippen LogP) is 2.86. The molecule has 1 aromatic rings. The maximum Gasteiger partial charge on any atom is 0.253 e. The van der Waals surface area contributed by atoms with Gasteiger partial charge in [0.2, 0.25) is 11.8 Å². The molecule has 1 unspecified atom stereocenters. The normalized spacial score (nSPS) is 23.0. The second-order valence-corrected chi connectivity index (χ2v) is 10.3. The van der Waals surface area contributed by atoms with Crippen LogP contribution in [0.2, 0.25) is 10.0 Å². The zero-order chi connectivity index (χ0) is 23.5. The van der Waals surface area contributed by atoms with Crippen molar-refractivity contribution in [2.24, 2.45) is 11.8 Å². The topological polar surface area (TPSA) is 64.2 Å². The van der Waals surface area contributed by atoms with Crippen molar-refractivity contribution >= 4 is 40.9 Å². The predicted molar refractivity (Wildman–Crippen MR) is 128 cm³/mol. The van der Waals surface area contributed by atoms with Crippen molar-refractivity contribution in [1.82, 2.24) is 19.6 Å². The molecule has 0 radical (unpaired) electrons. The van der Waals surface area contributed by atoms with E-state index in [1.54, 1.807) is 23.1 Å². The fourth-order valence-corrected chi connectivity index (χ4v) is 5.36. The molecular weight excluding hydrogens is 463 g/mol. The number of piperazine rings is 1. The summed E-state index contributed by atoms with van der Waals surface area (Å²) in [6.45, 7) is 5.69. The lowest BCUT2D eigenvalue weighted by Crippen LogP contribution is -2.52. The summed E-state index contributed by atoms with van der Waals surface area (Å²) in [6.07, 6.45) is 3.01. The van der Waals surface area contributed by atoms with Gasteiger partial charge in [-0.05, 0) is 50.9 Å². The van der Waals surface area contributed by atoms with Crippen LogP contribution in [0.15, 0.2) is 18.2 Å². The van der Waals surface area contributed by atoms with Crippen LogP contribution in [0.1, 0.15) is 36.0 Å². The van der Waals surface area contributed by atoms with Crippen LogP contribution < -0.4 is 0 Å². The fourth-order valence-electron chi connectivity index (χ4n) is 5.06. The number of halogens is 2. The maximum absolute atomic E-state index is 13.2. The number of piperidine rings is 2. The molecule has 3 aliphatic heterocycles. The van der Waals surface area contributed by atoms with Gasteiger partial charge in [0.15, 0.2) is 0 Å². The Morgan fingerprint density at radius 3 is 2.06 bits per heavy atom. The molecular formula is C24H32Cl2N4O3. The van der Waals surface area contributed by atoms with E-state index in [1.807, 2.05) is 9.80 Å². The molecule has 1 aromatic carbocycles. The largest absolute Gasteiger partial charge is 0.342 e. The number of benzene rings is 1. The summed E-state index contributed by atoms with van der Waals surface area (Å²) in [4.78, 5) is 46.9. The minimum Gasteiger partial charge on any atom is -0.342 e. The molecule has 3 saturated heterocycles. The van der Waals surface area contributed by atoms with Crippen molar-refractivity contribution < 1.29 is 14.4 Å². The van der Waals surface area contributed by atoms with E-state index < -0.39 is 0 Å². The van der Waals surface area contributed by atoms with Crippen LogP contribution in [-0.4, -0.2) is 96.7 Å². The van der Waals surface area contributed by atoms with Crippen LogP contribution >= 0.6 is 23.2 Å². The number of likely N-dealkylation sites (tertiary alicyclic amines) is 2. The molecule has 0 aromatic heterocycles. The zero-order valence-corrected chi connectivity index (χ0v) is 20.7. The summed E-state index contributed by atoms with van der Waals surface area (Å²) < 4.78 is 0. The van der Waals surface area contributed by atoms with Crippen LogP contribution in [0.3, 0.4) is 0 Å². The standard InChI is InChI=1S/C24H32Cl2N4O3/c1-27-11-13-29(14-12-27)22(31)17-6-9-28(10-7-17)24(33)19-3-2-8-30(16-19)23(32)18-4-5-20(25)21(26)15-18/h4-5,15,17,19H,2-3,6-14,16H2,1H3. The molecule has 0 bridgehead atoms. The first kappa shape index (κ1) is 24.3. The summed E-state index contributed by atoms with van der Waals surface area (Å²) in [7, 11) is 2.08. The van der Waals surface area contributed by atoms with Crippen LogP contribution in [0.4, 0.5) is 0 Å². The number of amides is 3. The molecule has 33 heavy (non-hydrogen) atoms. The maximum atomic E-state index is 13.2. The molecule has 0 aliphatic carbocycles. The summed E-state index contributed by atoms with van der Waals surface area (Å²) >= 11 is 12.0. The SMILES string of the molecule is CN1CCN(C(=O)C2CCN(C(=O)C3CCCN(C(=O)c4ccc(Cl)c(Cl)c4)C3)CC2)CC1. The molecule has 4 rings (SSSR count). The number of hydrogen-bond donors (Lipinski definition) is 0. The Balaban J connectivity index is 1.30. The molecule has 0 N–H and O–H groups in total. The first-order valence-corrected chi connectivity index (χ1v) is 12.6. The highest BCUT2D eigenvalue weighted by Gasteiger charge is 2.35. The van der Waals surface area contributed by atoms with E-state index in [1.165, 1.54) is 0 Å². The van der Waals surface area contributed by atoms with Gasteiger partial charge in [0.05, 0.1) is 16.0 Å². The second-order valence-electron chi connectivity index (χ2n) is 9.45. The van der Waals surface area contributed by atoms with Gasteiger partial charge in [-0.25, -0.2) is 0 Å². The lowest BCUT2D eigenvalue weighted by Gasteiger charge is -2.39. The molecule has 180 valence electrons. The van der Waals surface area contributed by atoms with Crippen molar-refractivity contribution in [3.05, 3.63) is 33.8 Å². The smallest absolute Gasteiger partial charge is 0.253 e. The summed E-state index contributed by atoms with van der Waals surface area (Å²) in [6, 6.07) is 4.88. The van der Waals surface area contributed by atoms with Gasteiger partial charge in [0.1, 0.15) is 0 Å². The number of carbonyl (C=O) groups is 3. The van der Waals surface area contributed by atoms with Gasteiger partial charge in [-0.2, -0.15) is 0 Å². The Kier molecular flexibility index (Phi) is 7.82. The van der Waals surface area contributed by atoms with Crippen LogP contribution in [0, 0.1) is 11.8 Å². The zero-order valence-electron chi connectivity index (χ0n) is 19.1. The Bertz CT molecular complexity index is 896. The third-order valence-electron chi connectivity index (χ3n) is 7.20. The van der Waals surface area contributed by atoms with E-state index >= 15 is 0 Å². The first-order chi connectivity index (χ1) is 15.8. The Morgan fingerprint density at radius 1 is 0.758 bits per heavy atom. The van der Waals surface area contributed by atoms with Crippen molar-refractivity contribution in [2.75, 3.05) is 59.4 Å². The number of nitrogens with zero attached hydrogens (tertiary/aromatic N) is 4. The highest BCUT2D eigenvalue weighted by atomic mass is 35.5. The number of likely N-dealkylation sites (N-methyl/N-ethyl adjacent to an activating group) is 1. The molecule has 0 saturated carbocycles. The highest BCUT2D eigenvalue weighted by Crippen LogP contribution is 2.27. The Hall–Kier alpha value is -1.83. The molecule has 7 nitrogen and oxygen atoms in total. The fraction of sp³-hybridized carbons (Fsp3) is 0.625. The third-order valence-corrected chi connectivity index (χ3v) is 7.93. The van der Waals surface area contributed by atoms with Gasteiger partial charge >= 0.3 is 0 Å². The molecule has 9 heteroatoms. The molecule has 3 heterocycles. The van der Waals surface area contributed by atoms with Gasteiger partial charge in [-0.15, -0.1) is 0 Å². The average molecular weight is 495 g/mol. The molecule has 3 aliphatic rings. The average Bonchev–Trinajstić information content (AvgIpc) is 2.85. The van der Waals surface area contributed by atoms with Gasteiger partial charge < -0.3 is 19.6 Å². The summed E-state index contributed by atoms with van der Waals surface area (Å²) in [5.74, 6) is 0.0350. The number of hydrogen-bond acceptors (Lipinski definition) is 4. The number of rotatable bonds is 3. The number of carbonyl (C=O) groups excluding carboxylic acids is 3. The molecule has 3 amide bonds. The van der Waals surface area contributed by atoms with Gasteiger partial charge in [-0.3, -0.25) is 14.4 Å². The Morgan fingerprint density at radius 2 is 1.39 bits per heavy atom. The van der Waals surface area contributed by atoms with Crippen molar-refractivity contribution in [3.63, 3.8) is 0 Å². The molecule has 1 atom stereocenters. The second kappa shape index (κ2) is 10.6. The van der Waals surface area contributed by atoms with E-state index in [4.69, 9.17) is 23.2 Å². The first-order valence-electron chi connectivity index (χ1n) is 11.8. The van der Waals surface area contributed by atoms with Crippen molar-refractivity contribution in [1.29, 1.82) is 0 Å². The molecule has 0 spiro atoms. The summed E-state index contributed by atoms with van der Waals surface area (Å²) in [5, 5.41) is 0.760. The van der Waals surface area contributed by atoms with Crippen molar-refractivity contribution in [2.45, 2.75) is 25.7 Å². The molecule has 3 fully saturated rings. The van der Waals surface area contributed by atoms with Gasteiger partial charge in [0, 0.05) is 63.8 Å². The monoisotopic (exact) mass is 494 g/mol. The minimum atomic E-state index is -0.199. The van der Waals surface area contributed by atoms with Crippen molar-refractivity contribution in [3.8, 4) is 0 Å². The van der Waals surface area contributed by atoms with Gasteiger partial charge in [-0.1, -0.05) is 23.2 Å².